The van der Waals surface area contributed by atoms with Gasteiger partial charge >= 0.3 is 0 Å². The topological polar surface area (TPSA) is 0 Å². The first-order chi connectivity index (χ1) is 2.00. The minimum atomic E-state index is 0. The van der Waals surface area contributed by atoms with E-state index in [0.29, 0.717) is 0 Å². The summed E-state index contributed by atoms with van der Waals surface area (Å²) in [4.78, 5) is 0. The molecule has 0 heterocycles. The summed E-state index contributed by atoms with van der Waals surface area (Å²) in [5.74, 6) is 0. The SMILES string of the molecule is S.SS.SS. The second-order valence-electron chi connectivity index (χ2n) is 0. The Bertz CT molecular complexity index is 0. The molecule has 0 rings (SSSR count). The zero-order chi connectivity index (χ0) is 4.00. The highest BCUT2D eigenvalue weighted by Crippen LogP contribution is 1.65. The van der Waals surface area contributed by atoms with Crippen LogP contribution in [0.25, 0.3) is 0 Å². The Hall–Kier alpha value is 1.75. The molecule has 0 N–H and O–H groups in total. The molecule has 0 aliphatic carbocycles. The van der Waals surface area contributed by atoms with Crippen molar-refractivity contribution in [3.63, 3.8) is 0 Å². The lowest BCUT2D eigenvalue weighted by Crippen LogP contribution is -0.352. The van der Waals surface area contributed by atoms with Crippen LogP contribution in [0.5, 0.6) is 0 Å². The summed E-state index contributed by atoms with van der Waals surface area (Å²) >= 11 is 12.9. The highest BCUT2D eigenvalue weighted by molar-refractivity contribution is 8.59. The Balaban J connectivity index is -0.0000000133. The molecule has 0 fully saturated rings. The van der Waals surface area contributed by atoms with Gasteiger partial charge in [0.15, 0.2) is 0 Å². The van der Waals surface area contributed by atoms with Crippen molar-refractivity contribution in [3.8, 4) is 0 Å². The summed E-state index contributed by atoms with van der Waals surface area (Å²) in [5, 5.41) is 0. The van der Waals surface area contributed by atoms with Gasteiger partial charge in [-0.25, -0.2) is 0 Å². The third kappa shape index (κ3) is 26.4. The summed E-state index contributed by atoms with van der Waals surface area (Å²) in [6.07, 6.45) is 0. The second-order valence-corrected chi connectivity index (χ2v) is 0. The summed E-state index contributed by atoms with van der Waals surface area (Å²) in [5.41, 5.74) is 0. The molecule has 0 aliphatic heterocycles. The van der Waals surface area contributed by atoms with Gasteiger partial charge in [-0.15, -0.1) is 46.6 Å². The van der Waals surface area contributed by atoms with Gasteiger partial charge in [0.2, 0.25) is 0 Å². The molecule has 0 spiro atoms. The van der Waals surface area contributed by atoms with Crippen LogP contribution in [0, 0.1) is 0 Å². The Kier molecular flexibility index (Phi) is 134. The first-order valence-electron chi connectivity index (χ1n) is 0.400. The summed E-state index contributed by atoms with van der Waals surface area (Å²) in [7, 11) is 0. The van der Waals surface area contributed by atoms with E-state index in [9.17, 15) is 0 Å². The summed E-state index contributed by atoms with van der Waals surface area (Å²) < 4.78 is 0. The van der Waals surface area contributed by atoms with E-state index in [4.69, 9.17) is 0 Å². The Morgan fingerprint density at radius 2 is 0.600 bits per heavy atom. The molecule has 0 aromatic rings. The van der Waals surface area contributed by atoms with Crippen LogP contribution < -0.4 is 0 Å². The molecular formula is H6S5. The summed E-state index contributed by atoms with van der Waals surface area (Å²) in [6, 6.07) is 0. The van der Waals surface area contributed by atoms with Gasteiger partial charge in [-0.2, -0.15) is 13.5 Å². The average molecular weight is 166 g/mol. The van der Waals surface area contributed by atoms with Crippen molar-refractivity contribution in [3.05, 3.63) is 0 Å². The van der Waals surface area contributed by atoms with Gasteiger partial charge in [-0.1, -0.05) is 0 Å². The molecule has 0 aromatic heterocycles. The van der Waals surface area contributed by atoms with Crippen LogP contribution in [0.15, 0.2) is 0 Å². The molecule has 0 bridgehead atoms. The average Bonchev–Trinajstić information content (AvgIpc) is 1.50. The molecule has 0 aromatic carbocycles. The Morgan fingerprint density at radius 1 is 0.600 bits per heavy atom. The second kappa shape index (κ2) is 42.4. The molecule has 5 heteroatoms. The molecule has 5 heavy (non-hydrogen) atoms. The van der Waals surface area contributed by atoms with Gasteiger partial charge in [-0.05, 0) is 0 Å². The molecule has 36 valence electrons. The molecule has 0 aliphatic rings. The fourth-order valence-electron chi connectivity index (χ4n) is 0. The predicted octanol–water partition coefficient (Wildman–Crippen LogP) is 1.63. The van der Waals surface area contributed by atoms with Crippen LogP contribution >= 0.6 is 60.1 Å². The minimum Gasteiger partial charge on any atom is -0.197 e. The van der Waals surface area contributed by atoms with Crippen LogP contribution in [-0.4, -0.2) is 0 Å². The van der Waals surface area contributed by atoms with E-state index in [1.54, 1.807) is 0 Å². The fourth-order valence-corrected chi connectivity index (χ4v) is 0. The largest absolute Gasteiger partial charge is 0.197 e. The number of rotatable bonds is 0. The minimum absolute atomic E-state index is 0. The van der Waals surface area contributed by atoms with Gasteiger partial charge in [0.05, 0.1) is 0 Å². The van der Waals surface area contributed by atoms with Crippen LogP contribution in [-0.2, 0) is 0 Å². The molecule has 0 radical (unpaired) electrons. The quantitative estimate of drug-likeness (QED) is 0.305. The number of hydrogen-bond donors (Lipinski definition) is 4. The maximum absolute atomic E-state index is 3.22. The van der Waals surface area contributed by atoms with Crippen molar-refractivity contribution in [2.45, 2.75) is 0 Å². The molecule has 0 atom stereocenters. The van der Waals surface area contributed by atoms with Gasteiger partial charge < -0.3 is 0 Å². The molecule has 0 amide bonds. The van der Waals surface area contributed by atoms with Gasteiger partial charge in [0.25, 0.3) is 0 Å². The first kappa shape index (κ1) is 15.9. The van der Waals surface area contributed by atoms with Crippen molar-refractivity contribution >= 4 is 60.1 Å². The zero-order valence-corrected chi connectivity index (χ0v) is 6.87. The first-order valence-corrected chi connectivity index (χ1v) is 3.60. The van der Waals surface area contributed by atoms with Crippen molar-refractivity contribution in [2.24, 2.45) is 0 Å². The third-order valence-electron chi connectivity index (χ3n) is 0. The van der Waals surface area contributed by atoms with E-state index >= 15 is 0 Å². The van der Waals surface area contributed by atoms with E-state index in [2.05, 4.69) is 46.6 Å². The molecule has 0 saturated heterocycles. The highest BCUT2D eigenvalue weighted by Gasteiger charge is 0.887. The van der Waals surface area contributed by atoms with E-state index in [-0.39, 0.29) is 13.5 Å². The fraction of sp³-hybridized carbons (Fsp3) is 0. The maximum atomic E-state index is 3.22. The zero-order valence-electron chi connectivity index (χ0n) is 2.29. The third-order valence-corrected chi connectivity index (χ3v) is 0. The number of hydrogen-bond acceptors (Lipinski definition) is 4. The molecule has 0 saturated carbocycles. The van der Waals surface area contributed by atoms with Crippen molar-refractivity contribution in [2.75, 3.05) is 0 Å². The van der Waals surface area contributed by atoms with Gasteiger partial charge in [0.1, 0.15) is 0 Å². The standard InChI is InChI=1S/2H2S2.H2S/c2*1-2;/h2*1-2H;1H2. The van der Waals surface area contributed by atoms with Crippen LogP contribution in [0.4, 0.5) is 0 Å². The molecule has 0 unspecified atom stereocenters. The van der Waals surface area contributed by atoms with Gasteiger partial charge in [0, 0.05) is 0 Å². The Morgan fingerprint density at radius 3 is 0.600 bits per heavy atom. The van der Waals surface area contributed by atoms with Gasteiger partial charge in [-0.3, -0.25) is 0 Å². The van der Waals surface area contributed by atoms with Crippen LogP contribution in [0.2, 0.25) is 0 Å². The smallest absolute Gasteiger partial charge is 0.115 e. The van der Waals surface area contributed by atoms with Crippen molar-refractivity contribution < 1.29 is 0 Å². The van der Waals surface area contributed by atoms with Crippen molar-refractivity contribution in [1.82, 2.24) is 0 Å². The Labute approximate surface area is 60.0 Å². The summed E-state index contributed by atoms with van der Waals surface area (Å²) in [6.45, 7) is 0. The van der Waals surface area contributed by atoms with Crippen molar-refractivity contribution in [1.29, 1.82) is 0 Å². The van der Waals surface area contributed by atoms with Crippen LogP contribution in [0.1, 0.15) is 0 Å². The lowest BCUT2D eigenvalue weighted by molar-refractivity contribution is 6.59. The van der Waals surface area contributed by atoms with Crippen LogP contribution in [0.3, 0.4) is 0 Å². The van der Waals surface area contributed by atoms with E-state index in [1.807, 2.05) is 0 Å². The van der Waals surface area contributed by atoms with E-state index < -0.39 is 0 Å². The molecular weight excluding hydrogens is 160 g/mol. The monoisotopic (exact) mass is 166 g/mol. The maximum Gasteiger partial charge on any atom is -0.115 e. The van der Waals surface area contributed by atoms with E-state index in [0.717, 1.165) is 0 Å². The number of thiol groups is 4. The predicted molar refractivity (Wildman–Crippen MR) is 46.3 cm³/mol. The lowest BCUT2D eigenvalue weighted by Gasteiger charge is -1.11. The highest BCUT2D eigenvalue weighted by atomic mass is 33.1. The lowest BCUT2D eigenvalue weighted by atomic mass is 31.1. The molecule has 0 nitrogen and oxygen atoms in total. The van der Waals surface area contributed by atoms with E-state index in [1.165, 1.54) is 0 Å². The normalized spacial score (nSPS) is 2.40.